The molecule has 1 fully saturated rings. The minimum Gasteiger partial charge on any atom is -0.466 e. The fourth-order valence-electron chi connectivity index (χ4n) is 3.20. The van der Waals surface area contributed by atoms with Crippen LogP contribution in [0.25, 0.3) is 0 Å². The van der Waals surface area contributed by atoms with Crippen molar-refractivity contribution >= 4 is 5.96 Å². The number of furan rings is 1. The third kappa shape index (κ3) is 5.57. The number of aliphatic imine (C=N–C) groups is 1. The Bertz CT molecular complexity index is 513. The van der Waals surface area contributed by atoms with E-state index in [1.54, 1.807) is 0 Å². The highest BCUT2D eigenvalue weighted by atomic mass is 16.3. The number of hydrogen-bond donors (Lipinski definition) is 2. The highest BCUT2D eigenvalue weighted by Crippen LogP contribution is 2.14. The van der Waals surface area contributed by atoms with Gasteiger partial charge in [-0.1, -0.05) is 13.8 Å². The van der Waals surface area contributed by atoms with Gasteiger partial charge >= 0.3 is 0 Å². The molecule has 0 atom stereocenters. The van der Waals surface area contributed by atoms with E-state index in [2.05, 4.69) is 40.4 Å². The van der Waals surface area contributed by atoms with Crippen molar-refractivity contribution in [1.82, 2.24) is 15.5 Å². The Hall–Kier alpha value is -1.49. The molecule has 5 nitrogen and oxygen atoms in total. The lowest BCUT2D eigenvalue weighted by molar-refractivity contribution is 0.187. The summed E-state index contributed by atoms with van der Waals surface area (Å²) in [4.78, 5) is 6.92. The Balaban J connectivity index is 1.76. The number of piperidine rings is 1. The summed E-state index contributed by atoms with van der Waals surface area (Å²) in [6.45, 7) is 12.9. The molecule has 0 unspecified atom stereocenters. The zero-order chi connectivity index (χ0) is 16.8. The molecule has 23 heavy (non-hydrogen) atoms. The Labute approximate surface area is 140 Å². The minimum atomic E-state index is 0.511. The first kappa shape index (κ1) is 17.9. The third-order valence-corrected chi connectivity index (χ3v) is 4.37. The molecule has 0 bridgehead atoms. The molecule has 0 amide bonds. The zero-order valence-electron chi connectivity index (χ0n) is 15.3. The lowest BCUT2D eigenvalue weighted by Gasteiger charge is -2.33. The fraction of sp³-hybridized carbons (Fsp3) is 0.722. The monoisotopic (exact) mass is 320 g/mol. The lowest BCUT2D eigenvalue weighted by atomic mass is 10.0. The van der Waals surface area contributed by atoms with Crippen LogP contribution in [0.2, 0.25) is 0 Å². The molecule has 0 saturated carbocycles. The predicted molar refractivity (Wildman–Crippen MR) is 95.8 cm³/mol. The topological polar surface area (TPSA) is 52.8 Å². The van der Waals surface area contributed by atoms with E-state index >= 15 is 0 Å². The summed E-state index contributed by atoms with van der Waals surface area (Å²) < 4.78 is 5.57. The average molecular weight is 320 g/mol. The van der Waals surface area contributed by atoms with Crippen molar-refractivity contribution in [2.45, 2.75) is 53.1 Å². The van der Waals surface area contributed by atoms with Crippen molar-refractivity contribution in [1.29, 1.82) is 0 Å². The van der Waals surface area contributed by atoms with E-state index < -0.39 is 0 Å². The predicted octanol–water partition coefficient (Wildman–Crippen LogP) is 2.68. The number of aryl methyl sites for hydroxylation is 2. The van der Waals surface area contributed by atoms with E-state index in [4.69, 9.17) is 4.42 Å². The summed E-state index contributed by atoms with van der Waals surface area (Å²) in [7, 11) is 1.83. The lowest BCUT2D eigenvalue weighted by Crippen LogP contribution is -2.49. The van der Waals surface area contributed by atoms with Gasteiger partial charge in [-0.2, -0.15) is 0 Å². The maximum atomic E-state index is 5.57. The van der Waals surface area contributed by atoms with Crippen LogP contribution in [0.15, 0.2) is 15.5 Å². The van der Waals surface area contributed by atoms with E-state index in [1.807, 2.05) is 20.9 Å². The summed E-state index contributed by atoms with van der Waals surface area (Å²) in [5.74, 6) is 3.56. The summed E-state index contributed by atoms with van der Waals surface area (Å²) in [6.07, 6.45) is 2.36. The molecule has 1 aliphatic heterocycles. The highest BCUT2D eigenvalue weighted by Gasteiger charge is 2.20. The number of guanidine groups is 1. The van der Waals surface area contributed by atoms with Crippen molar-refractivity contribution < 1.29 is 4.42 Å². The molecule has 130 valence electrons. The van der Waals surface area contributed by atoms with Crippen molar-refractivity contribution in [3.63, 3.8) is 0 Å². The quantitative estimate of drug-likeness (QED) is 0.647. The molecule has 0 aliphatic carbocycles. The van der Waals surface area contributed by atoms with Crippen LogP contribution in [0.1, 0.15) is 43.8 Å². The third-order valence-electron chi connectivity index (χ3n) is 4.37. The number of nitrogens with zero attached hydrogens (tertiary/aromatic N) is 2. The second-order valence-electron chi connectivity index (χ2n) is 6.98. The van der Waals surface area contributed by atoms with Gasteiger partial charge in [0.05, 0.1) is 0 Å². The van der Waals surface area contributed by atoms with Gasteiger partial charge in [-0.3, -0.25) is 4.99 Å². The molecule has 1 aliphatic rings. The molecule has 1 aromatic heterocycles. The van der Waals surface area contributed by atoms with Gasteiger partial charge in [0.15, 0.2) is 5.96 Å². The molecule has 2 heterocycles. The first-order valence-corrected chi connectivity index (χ1v) is 8.73. The largest absolute Gasteiger partial charge is 0.466 e. The van der Waals surface area contributed by atoms with Crippen LogP contribution in [0, 0.1) is 19.8 Å². The van der Waals surface area contributed by atoms with Crippen molar-refractivity contribution in [3.05, 3.63) is 23.2 Å². The number of hydrogen-bond acceptors (Lipinski definition) is 3. The first-order valence-electron chi connectivity index (χ1n) is 8.73. The highest BCUT2D eigenvalue weighted by molar-refractivity contribution is 5.80. The van der Waals surface area contributed by atoms with Crippen LogP contribution in [0.3, 0.4) is 0 Å². The minimum absolute atomic E-state index is 0.511. The summed E-state index contributed by atoms with van der Waals surface area (Å²) in [6, 6.07) is 2.59. The summed E-state index contributed by atoms with van der Waals surface area (Å²) in [5.41, 5.74) is 1.19. The fourth-order valence-corrected chi connectivity index (χ4v) is 3.20. The number of likely N-dealkylation sites (tertiary alicyclic amines) is 1. The van der Waals surface area contributed by atoms with E-state index in [1.165, 1.54) is 38.0 Å². The van der Waals surface area contributed by atoms with Gasteiger partial charge < -0.3 is 20.0 Å². The number of rotatable bonds is 5. The van der Waals surface area contributed by atoms with Crippen molar-refractivity contribution in [2.24, 2.45) is 10.9 Å². The molecule has 0 radical (unpaired) electrons. The molecule has 0 spiro atoms. The standard InChI is InChI=1S/C18H32N4O/c1-13(2)12-22-8-6-17(7-9-22)21-18(19-5)20-11-16-10-14(3)23-15(16)4/h10,13,17H,6-9,11-12H2,1-5H3,(H2,19,20,21). The SMILES string of the molecule is CN=C(NCc1cc(C)oc1C)NC1CCN(CC(C)C)CC1. The van der Waals surface area contributed by atoms with Gasteiger partial charge in [-0.05, 0) is 38.7 Å². The van der Waals surface area contributed by atoms with Crippen molar-refractivity contribution in [3.8, 4) is 0 Å². The van der Waals surface area contributed by atoms with Crippen molar-refractivity contribution in [2.75, 3.05) is 26.7 Å². The normalized spacial score (nSPS) is 17.7. The Morgan fingerprint density at radius 3 is 2.57 bits per heavy atom. The van der Waals surface area contributed by atoms with Crippen LogP contribution in [-0.2, 0) is 6.54 Å². The second-order valence-corrected chi connectivity index (χ2v) is 6.98. The van der Waals surface area contributed by atoms with Crippen LogP contribution >= 0.6 is 0 Å². The van der Waals surface area contributed by atoms with Crippen LogP contribution in [-0.4, -0.2) is 43.6 Å². The molecule has 0 aromatic carbocycles. The van der Waals surface area contributed by atoms with E-state index in [0.29, 0.717) is 6.04 Å². The Morgan fingerprint density at radius 2 is 2.04 bits per heavy atom. The molecule has 1 aromatic rings. The Kier molecular flexibility index (Phi) is 6.51. The van der Waals surface area contributed by atoms with Crippen LogP contribution in [0.4, 0.5) is 0 Å². The van der Waals surface area contributed by atoms with E-state index in [9.17, 15) is 0 Å². The van der Waals surface area contributed by atoms with Gasteiger partial charge in [0.1, 0.15) is 11.5 Å². The second kappa shape index (κ2) is 8.39. The van der Waals surface area contributed by atoms with Crippen LogP contribution in [0.5, 0.6) is 0 Å². The smallest absolute Gasteiger partial charge is 0.191 e. The van der Waals surface area contributed by atoms with Crippen LogP contribution < -0.4 is 10.6 Å². The Morgan fingerprint density at radius 1 is 1.35 bits per heavy atom. The molecule has 2 rings (SSSR count). The maximum absolute atomic E-state index is 5.57. The average Bonchev–Trinajstić information content (AvgIpc) is 2.82. The molecule has 2 N–H and O–H groups in total. The zero-order valence-corrected chi connectivity index (χ0v) is 15.3. The van der Waals surface area contributed by atoms with Gasteiger partial charge in [0, 0.05) is 44.8 Å². The van der Waals surface area contributed by atoms with E-state index in [-0.39, 0.29) is 0 Å². The summed E-state index contributed by atoms with van der Waals surface area (Å²) >= 11 is 0. The van der Waals surface area contributed by atoms with Gasteiger partial charge in [0.2, 0.25) is 0 Å². The van der Waals surface area contributed by atoms with E-state index in [0.717, 1.165) is 29.9 Å². The maximum Gasteiger partial charge on any atom is 0.191 e. The number of nitrogens with one attached hydrogen (secondary N) is 2. The summed E-state index contributed by atoms with van der Waals surface area (Å²) in [5, 5.41) is 6.95. The first-order chi connectivity index (χ1) is 11.0. The molecule has 1 saturated heterocycles. The molecule has 5 heteroatoms. The van der Waals surface area contributed by atoms with Gasteiger partial charge in [-0.15, -0.1) is 0 Å². The van der Waals surface area contributed by atoms with Gasteiger partial charge in [-0.25, -0.2) is 0 Å². The van der Waals surface area contributed by atoms with Gasteiger partial charge in [0.25, 0.3) is 0 Å². The molecular weight excluding hydrogens is 288 g/mol. The molecular formula is C18H32N4O.